The lowest BCUT2D eigenvalue weighted by Crippen LogP contribution is -2.39. The van der Waals surface area contributed by atoms with Crippen molar-refractivity contribution >= 4 is 34.7 Å². The third kappa shape index (κ3) is 5.11. The quantitative estimate of drug-likeness (QED) is 0.319. The predicted molar refractivity (Wildman–Crippen MR) is 138 cm³/mol. The average molecular weight is 513 g/mol. The Bertz CT molecular complexity index is 1420. The summed E-state index contributed by atoms with van der Waals surface area (Å²) in [4.78, 5) is 32.2. The van der Waals surface area contributed by atoms with Gasteiger partial charge in [0.2, 0.25) is 0 Å². The van der Waals surface area contributed by atoms with Crippen LogP contribution in [0.25, 0.3) is 6.08 Å². The summed E-state index contributed by atoms with van der Waals surface area (Å²) in [5.74, 6) is 0.805. The number of methoxy groups -OCH3 is 2. The fraction of sp³-hybridized carbons (Fsp3) is 0.346. The second-order valence-electron chi connectivity index (χ2n) is 8.05. The molecule has 9 heteroatoms. The largest absolute Gasteiger partial charge is 0.493 e. The number of hydrogen-bond donors (Lipinski definition) is 0. The molecule has 1 aromatic carbocycles. The van der Waals surface area contributed by atoms with Gasteiger partial charge >= 0.3 is 5.97 Å². The van der Waals surface area contributed by atoms with Crippen molar-refractivity contribution in [3.8, 4) is 11.5 Å². The van der Waals surface area contributed by atoms with E-state index in [0.717, 1.165) is 29.7 Å². The van der Waals surface area contributed by atoms with Gasteiger partial charge in [-0.25, -0.2) is 9.79 Å². The van der Waals surface area contributed by atoms with Crippen LogP contribution < -0.4 is 24.4 Å². The van der Waals surface area contributed by atoms with E-state index >= 15 is 0 Å². The Hall–Kier alpha value is -3.17. The maximum atomic E-state index is 13.6. The number of carbonyl (C=O) groups excluding carboxylic acids is 1. The van der Waals surface area contributed by atoms with Crippen LogP contribution in [-0.4, -0.2) is 31.4 Å². The summed E-state index contributed by atoms with van der Waals surface area (Å²) < 4.78 is 18.5. The van der Waals surface area contributed by atoms with Gasteiger partial charge in [-0.3, -0.25) is 9.36 Å². The Labute approximate surface area is 211 Å². The van der Waals surface area contributed by atoms with Gasteiger partial charge in [0.15, 0.2) is 16.3 Å². The van der Waals surface area contributed by atoms with Crippen LogP contribution in [-0.2, 0) is 9.53 Å². The average Bonchev–Trinajstić information content (AvgIpc) is 3.50. The summed E-state index contributed by atoms with van der Waals surface area (Å²) in [6.45, 7) is 4.56. The van der Waals surface area contributed by atoms with Crippen molar-refractivity contribution in [1.29, 1.82) is 0 Å². The van der Waals surface area contributed by atoms with Gasteiger partial charge in [0.05, 0.1) is 36.6 Å². The number of benzene rings is 1. The molecule has 0 fully saturated rings. The number of aromatic nitrogens is 1. The lowest BCUT2D eigenvalue weighted by Gasteiger charge is -2.22. The van der Waals surface area contributed by atoms with Gasteiger partial charge in [-0.05, 0) is 48.6 Å². The fourth-order valence-corrected chi connectivity index (χ4v) is 5.86. The predicted octanol–water partition coefficient (Wildman–Crippen LogP) is 4.05. The molecule has 0 bridgehead atoms. The highest BCUT2D eigenvalue weighted by Crippen LogP contribution is 2.33. The van der Waals surface area contributed by atoms with Crippen molar-refractivity contribution in [2.75, 3.05) is 20.8 Å². The zero-order valence-electron chi connectivity index (χ0n) is 20.2. The molecule has 0 saturated heterocycles. The third-order valence-electron chi connectivity index (χ3n) is 5.73. The number of allylic oxidation sites excluding steroid dienone is 1. The maximum absolute atomic E-state index is 13.6. The molecule has 1 atom stereocenters. The molecular formula is C26H28N2O5S2. The first-order valence-corrected chi connectivity index (χ1v) is 13.1. The van der Waals surface area contributed by atoms with Crippen molar-refractivity contribution in [2.45, 2.75) is 39.2 Å². The van der Waals surface area contributed by atoms with Gasteiger partial charge in [-0.2, -0.15) is 0 Å². The fourth-order valence-electron chi connectivity index (χ4n) is 3.99. The molecule has 7 nitrogen and oxygen atoms in total. The lowest BCUT2D eigenvalue weighted by atomic mass is 10.0. The van der Waals surface area contributed by atoms with Gasteiger partial charge in [0, 0.05) is 4.88 Å². The molecule has 1 unspecified atom stereocenters. The zero-order valence-corrected chi connectivity index (χ0v) is 21.8. The standard InChI is InChI=1S/C26H28N2O5S2/c1-5-6-7-12-33-18-11-10-17(14-19(18)31-3)15-21-24(29)28-23(20-9-8-13-34-20)22(25(30)32-4)16(2)27-26(28)35-21/h8-11,13-15,23H,5-7,12H2,1-4H3. The third-order valence-corrected chi connectivity index (χ3v) is 7.64. The molecule has 0 N–H and O–H groups in total. The minimum atomic E-state index is -0.575. The van der Waals surface area contributed by atoms with Crippen LogP contribution in [0.1, 0.15) is 49.6 Å². The van der Waals surface area contributed by atoms with Crippen LogP contribution in [0.3, 0.4) is 0 Å². The highest BCUT2D eigenvalue weighted by Gasteiger charge is 2.33. The molecule has 3 heterocycles. The van der Waals surface area contributed by atoms with E-state index in [-0.39, 0.29) is 5.56 Å². The Morgan fingerprint density at radius 3 is 2.71 bits per heavy atom. The topological polar surface area (TPSA) is 79.1 Å². The second-order valence-corrected chi connectivity index (χ2v) is 10.0. The van der Waals surface area contributed by atoms with Crippen LogP contribution in [0.2, 0.25) is 0 Å². The van der Waals surface area contributed by atoms with Crippen LogP contribution in [0, 0.1) is 0 Å². The van der Waals surface area contributed by atoms with Crippen LogP contribution >= 0.6 is 22.7 Å². The molecule has 35 heavy (non-hydrogen) atoms. The van der Waals surface area contributed by atoms with Crippen molar-refractivity contribution in [1.82, 2.24) is 4.57 Å². The molecule has 2 aromatic heterocycles. The lowest BCUT2D eigenvalue weighted by molar-refractivity contribution is -0.136. The SMILES string of the molecule is CCCCCOc1ccc(C=c2sc3n(c2=O)C(c2cccs2)C(C(=O)OC)=C(C)N=3)cc1OC. The molecule has 0 saturated carbocycles. The van der Waals surface area contributed by atoms with Crippen LogP contribution in [0.5, 0.6) is 11.5 Å². The Morgan fingerprint density at radius 1 is 1.20 bits per heavy atom. The molecule has 184 valence electrons. The van der Waals surface area contributed by atoms with E-state index in [9.17, 15) is 9.59 Å². The van der Waals surface area contributed by atoms with Gasteiger partial charge in [-0.1, -0.05) is 43.2 Å². The van der Waals surface area contributed by atoms with E-state index in [0.29, 0.717) is 38.7 Å². The minimum absolute atomic E-state index is 0.208. The van der Waals surface area contributed by atoms with Crippen molar-refractivity contribution in [2.24, 2.45) is 4.99 Å². The van der Waals surface area contributed by atoms with E-state index in [1.165, 1.54) is 29.8 Å². The Kier molecular flexibility index (Phi) is 7.87. The monoisotopic (exact) mass is 512 g/mol. The molecule has 3 aromatic rings. The van der Waals surface area contributed by atoms with Gasteiger partial charge in [0.25, 0.3) is 5.56 Å². The number of thiazole rings is 1. The highest BCUT2D eigenvalue weighted by molar-refractivity contribution is 7.10. The van der Waals surface area contributed by atoms with Crippen molar-refractivity contribution < 1.29 is 19.0 Å². The number of fused-ring (bicyclic) bond motifs is 1. The molecule has 0 spiro atoms. The molecule has 0 radical (unpaired) electrons. The molecule has 1 aliphatic rings. The highest BCUT2D eigenvalue weighted by atomic mass is 32.1. The number of ether oxygens (including phenoxy) is 3. The second kappa shape index (κ2) is 11.0. The van der Waals surface area contributed by atoms with E-state index in [2.05, 4.69) is 11.9 Å². The first kappa shape index (κ1) is 24.9. The van der Waals surface area contributed by atoms with Crippen LogP contribution in [0.15, 0.2) is 56.8 Å². The van der Waals surface area contributed by atoms with E-state index in [4.69, 9.17) is 14.2 Å². The van der Waals surface area contributed by atoms with Crippen molar-refractivity contribution in [3.63, 3.8) is 0 Å². The molecule has 0 amide bonds. The Balaban J connectivity index is 1.76. The summed E-state index contributed by atoms with van der Waals surface area (Å²) in [5, 5.41) is 1.92. The van der Waals surface area contributed by atoms with Gasteiger partial charge in [0.1, 0.15) is 6.04 Å². The number of esters is 1. The molecule has 4 rings (SSSR count). The summed E-state index contributed by atoms with van der Waals surface area (Å²) >= 11 is 2.78. The summed E-state index contributed by atoms with van der Waals surface area (Å²) in [5.41, 5.74) is 1.53. The number of thiophene rings is 1. The van der Waals surface area contributed by atoms with Crippen molar-refractivity contribution in [3.05, 3.63) is 77.1 Å². The summed E-state index contributed by atoms with van der Waals surface area (Å²) in [6.07, 6.45) is 5.05. The first-order chi connectivity index (χ1) is 17.0. The minimum Gasteiger partial charge on any atom is -0.493 e. The number of carbonyl (C=O) groups is 1. The first-order valence-electron chi connectivity index (χ1n) is 11.4. The molecule has 1 aliphatic heterocycles. The van der Waals surface area contributed by atoms with Gasteiger partial charge < -0.3 is 14.2 Å². The van der Waals surface area contributed by atoms with E-state index in [1.807, 2.05) is 41.8 Å². The van der Waals surface area contributed by atoms with E-state index < -0.39 is 12.0 Å². The van der Waals surface area contributed by atoms with Gasteiger partial charge in [-0.15, -0.1) is 11.3 Å². The molecular weight excluding hydrogens is 484 g/mol. The summed E-state index contributed by atoms with van der Waals surface area (Å²) in [6, 6.07) is 8.86. The number of unbranched alkanes of at least 4 members (excludes halogenated alkanes) is 2. The number of nitrogens with zero attached hydrogens (tertiary/aromatic N) is 2. The maximum Gasteiger partial charge on any atom is 0.338 e. The van der Waals surface area contributed by atoms with Crippen LogP contribution in [0.4, 0.5) is 0 Å². The number of rotatable bonds is 9. The number of hydrogen-bond acceptors (Lipinski definition) is 8. The summed E-state index contributed by atoms with van der Waals surface area (Å²) in [7, 11) is 2.94. The molecule has 0 aliphatic carbocycles. The van der Waals surface area contributed by atoms with E-state index in [1.54, 1.807) is 18.6 Å². The zero-order chi connectivity index (χ0) is 24.9. The smallest absolute Gasteiger partial charge is 0.338 e. The Morgan fingerprint density at radius 2 is 2.03 bits per heavy atom. The normalized spacial score (nSPS) is 15.5.